The van der Waals surface area contributed by atoms with Gasteiger partial charge in [-0.1, -0.05) is 12.1 Å². The fourth-order valence-electron chi connectivity index (χ4n) is 3.90. The van der Waals surface area contributed by atoms with Crippen molar-refractivity contribution in [1.82, 2.24) is 10.1 Å². The third-order valence-electron chi connectivity index (χ3n) is 5.35. The number of rotatable bonds is 11. The lowest BCUT2D eigenvalue weighted by molar-refractivity contribution is 0.0571. The predicted octanol–water partition coefficient (Wildman–Crippen LogP) is 1.86. The van der Waals surface area contributed by atoms with Crippen molar-refractivity contribution >= 4 is 29.0 Å². The van der Waals surface area contributed by atoms with Crippen molar-refractivity contribution in [1.29, 1.82) is 0 Å². The van der Waals surface area contributed by atoms with Gasteiger partial charge in [0.15, 0.2) is 17.2 Å². The number of ether oxygens (including phenoxy) is 2. The third kappa shape index (κ3) is 5.52. The second-order valence-corrected chi connectivity index (χ2v) is 9.42. The van der Waals surface area contributed by atoms with Crippen molar-refractivity contribution < 1.29 is 36.7 Å². The first-order chi connectivity index (χ1) is 16.1. The molecule has 1 heterocycles. The Labute approximate surface area is 199 Å². The van der Waals surface area contributed by atoms with Crippen LogP contribution in [0.2, 0.25) is 6.82 Å². The smallest absolute Gasteiger partial charge is 0.373 e. The molecule has 2 aromatic carbocycles. The van der Waals surface area contributed by atoms with Gasteiger partial charge in [0.2, 0.25) is 0 Å². The van der Waals surface area contributed by atoms with Crippen LogP contribution < -0.4 is 18.9 Å². The number of methoxy groups -OCH3 is 2. The van der Waals surface area contributed by atoms with Crippen molar-refractivity contribution in [2.45, 2.75) is 25.7 Å². The van der Waals surface area contributed by atoms with Gasteiger partial charge in [-0.3, -0.25) is 14.5 Å². The van der Waals surface area contributed by atoms with Crippen LogP contribution >= 0.6 is 0 Å². The molecule has 1 aliphatic heterocycles. The molecule has 0 saturated carbocycles. The molecule has 0 bridgehead atoms. The highest BCUT2D eigenvalue weighted by atomic mass is 32.2. The molecule has 2 amide bonds. The lowest BCUT2D eigenvalue weighted by Crippen LogP contribution is -2.36. The highest BCUT2D eigenvalue weighted by molar-refractivity contribution is 7.86. The second kappa shape index (κ2) is 10.5. The Kier molecular flexibility index (Phi) is 7.85. The Balaban J connectivity index is 2.02. The Morgan fingerprint density at radius 3 is 2.38 bits per heavy atom. The first-order valence-electron chi connectivity index (χ1n) is 10.6. The van der Waals surface area contributed by atoms with Crippen molar-refractivity contribution in [3.63, 3.8) is 0 Å². The summed E-state index contributed by atoms with van der Waals surface area (Å²) in [6, 6.07) is 8.71. The maximum Gasteiger partial charge on any atom is 0.373 e. The van der Waals surface area contributed by atoms with Gasteiger partial charge in [-0.15, -0.1) is 0 Å². The molecule has 2 aromatic rings. The molecule has 0 saturated heterocycles. The van der Waals surface area contributed by atoms with Gasteiger partial charge in [-0.05, 0) is 56.0 Å². The van der Waals surface area contributed by atoms with Gasteiger partial charge in [-0.2, -0.15) is 8.42 Å². The zero-order valence-electron chi connectivity index (χ0n) is 19.4. The number of hydrogen-bond donors (Lipinski definition) is 2. The molecule has 34 heavy (non-hydrogen) atoms. The van der Waals surface area contributed by atoms with Gasteiger partial charge in [0.25, 0.3) is 11.8 Å². The first kappa shape index (κ1) is 25.5. The maximum atomic E-state index is 13.5. The van der Waals surface area contributed by atoms with E-state index in [0.29, 0.717) is 36.4 Å². The molecule has 10 nitrogen and oxygen atoms in total. The zero-order chi connectivity index (χ0) is 25.0. The van der Waals surface area contributed by atoms with E-state index in [1.54, 1.807) is 25.0 Å². The molecule has 182 valence electrons. The molecule has 0 radical (unpaired) electrons. The molecule has 0 fully saturated rings. The van der Waals surface area contributed by atoms with E-state index in [0.717, 1.165) is 11.2 Å². The van der Waals surface area contributed by atoms with Gasteiger partial charge in [-0.25, -0.2) is 0 Å². The van der Waals surface area contributed by atoms with Crippen LogP contribution in [0.3, 0.4) is 0 Å². The molecule has 0 aliphatic carbocycles. The van der Waals surface area contributed by atoms with Crippen LogP contribution in [0, 0.1) is 0 Å². The minimum atomic E-state index is -3.92. The van der Waals surface area contributed by atoms with Gasteiger partial charge < -0.3 is 23.9 Å². The lowest BCUT2D eigenvalue weighted by Gasteiger charge is -2.27. The number of benzene rings is 2. The van der Waals surface area contributed by atoms with E-state index in [9.17, 15) is 23.0 Å². The Bertz CT molecular complexity index is 1190. The van der Waals surface area contributed by atoms with E-state index in [1.165, 1.54) is 32.4 Å². The number of imide groups is 1. The molecule has 0 unspecified atom stereocenters. The number of fused-ring (bicyclic) bond motifs is 1. The SMILES string of the molecule is COc1ccc([C@@H](CCCNB(C)O)N2C(=O)c3cccc(OS(C)(=O)=O)c3C2=O)cc1OC. The van der Waals surface area contributed by atoms with Crippen molar-refractivity contribution in [3.8, 4) is 17.2 Å². The van der Waals surface area contributed by atoms with E-state index in [-0.39, 0.29) is 16.9 Å². The molecule has 0 spiro atoms. The van der Waals surface area contributed by atoms with Crippen LogP contribution in [0.15, 0.2) is 36.4 Å². The fraction of sp³-hybridized carbons (Fsp3) is 0.364. The van der Waals surface area contributed by atoms with Crippen LogP contribution in [0.25, 0.3) is 0 Å². The Morgan fingerprint density at radius 1 is 1.06 bits per heavy atom. The summed E-state index contributed by atoms with van der Waals surface area (Å²) >= 11 is 0. The van der Waals surface area contributed by atoms with Crippen molar-refractivity contribution in [3.05, 3.63) is 53.1 Å². The van der Waals surface area contributed by atoms with Crippen LogP contribution in [-0.2, 0) is 10.1 Å². The average Bonchev–Trinajstić information content (AvgIpc) is 3.03. The summed E-state index contributed by atoms with van der Waals surface area (Å²) in [6.45, 7) is 2.05. The van der Waals surface area contributed by atoms with E-state index in [1.807, 2.05) is 0 Å². The first-order valence-corrected chi connectivity index (χ1v) is 12.4. The number of nitrogens with one attached hydrogen (secondary N) is 1. The quantitative estimate of drug-likeness (QED) is 0.210. The minimum absolute atomic E-state index is 0.0683. The van der Waals surface area contributed by atoms with Gasteiger partial charge in [0.1, 0.15) is 0 Å². The van der Waals surface area contributed by atoms with Crippen LogP contribution in [0.1, 0.15) is 45.2 Å². The number of carbonyl (C=O) groups excluding carboxylic acids is 2. The summed E-state index contributed by atoms with van der Waals surface area (Å²) in [5.74, 6) is -0.468. The summed E-state index contributed by atoms with van der Waals surface area (Å²) in [6.07, 6.45) is 1.78. The number of amides is 2. The molecular formula is C22H27BN2O8S. The summed E-state index contributed by atoms with van der Waals surface area (Å²) in [5, 5.41) is 12.4. The summed E-state index contributed by atoms with van der Waals surface area (Å²) in [7, 11) is -1.63. The number of hydrogen-bond acceptors (Lipinski definition) is 9. The normalized spacial score (nSPS) is 14.1. The number of carbonyl (C=O) groups is 2. The molecular weight excluding hydrogens is 463 g/mol. The van der Waals surface area contributed by atoms with Crippen molar-refractivity contribution in [2.24, 2.45) is 0 Å². The minimum Gasteiger partial charge on any atom is -0.493 e. The molecule has 1 atom stereocenters. The molecule has 12 heteroatoms. The van der Waals surface area contributed by atoms with Gasteiger partial charge >= 0.3 is 17.2 Å². The van der Waals surface area contributed by atoms with Gasteiger partial charge in [0.05, 0.1) is 37.6 Å². The van der Waals surface area contributed by atoms with Crippen LogP contribution in [-0.4, -0.2) is 64.2 Å². The zero-order valence-corrected chi connectivity index (χ0v) is 20.2. The molecule has 1 aliphatic rings. The maximum absolute atomic E-state index is 13.5. The highest BCUT2D eigenvalue weighted by Gasteiger charge is 2.43. The monoisotopic (exact) mass is 490 g/mol. The number of nitrogens with zero attached hydrogens (tertiary/aromatic N) is 1. The molecule has 3 rings (SSSR count). The Hall–Kier alpha value is -3.09. The van der Waals surface area contributed by atoms with E-state index in [2.05, 4.69) is 5.23 Å². The van der Waals surface area contributed by atoms with Gasteiger partial charge in [0, 0.05) is 0 Å². The third-order valence-corrected chi connectivity index (χ3v) is 5.83. The van der Waals surface area contributed by atoms with Crippen LogP contribution in [0.5, 0.6) is 17.2 Å². The van der Waals surface area contributed by atoms with Crippen LogP contribution in [0.4, 0.5) is 0 Å². The predicted molar refractivity (Wildman–Crippen MR) is 126 cm³/mol. The summed E-state index contributed by atoms with van der Waals surface area (Å²) in [4.78, 5) is 27.9. The molecule has 2 N–H and O–H groups in total. The summed E-state index contributed by atoms with van der Waals surface area (Å²) < 4.78 is 39.1. The second-order valence-electron chi connectivity index (χ2n) is 7.85. The van der Waals surface area contributed by atoms with E-state index >= 15 is 0 Å². The van der Waals surface area contributed by atoms with E-state index < -0.39 is 35.0 Å². The molecule has 0 aromatic heterocycles. The summed E-state index contributed by atoms with van der Waals surface area (Å²) in [5.41, 5.74) is 0.610. The fourth-order valence-corrected chi connectivity index (χ4v) is 4.36. The largest absolute Gasteiger partial charge is 0.493 e. The standard InChI is InChI=1S/C22H27BN2O8S/c1-23(28)24-12-6-8-16(14-10-11-17(31-2)19(13-14)32-3)25-21(26)15-7-5-9-18(20(15)22(25)27)33-34(4,29)30/h5,7,9-11,13,16,24,28H,6,8,12H2,1-4H3/t16-/m1/s1. The van der Waals surface area contributed by atoms with Crippen molar-refractivity contribution in [2.75, 3.05) is 27.0 Å². The van der Waals surface area contributed by atoms with E-state index in [4.69, 9.17) is 13.7 Å². The highest BCUT2D eigenvalue weighted by Crippen LogP contribution is 2.40. The Morgan fingerprint density at radius 2 is 1.76 bits per heavy atom. The average molecular weight is 490 g/mol. The topological polar surface area (TPSA) is 131 Å². The lowest BCUT2D eigenvalue weighted by atomic mass is 9.88.